The number of hydrogen-bond donors (Lipinski definition) is 2. The zero-order valence-electron chi connectivity index (χ0n) is 9.08. The van der Waals surface area contributed by atoms with Gasteiger partial charge in [-0.25, -0.2) is 0 Å². The lowest BCUT2D eigenvalue weighted by molar-refractivity contribution is 0.560. The highest BCUT2D eigenvalue weighted by molar-refractivity contribution is 7.98. The molecule has 0 unspecified atom stereocenters. The second-order valence-electron chi connectivity index (χ2n) is 3.98. The summed E-state index contributed by atoms with van der Waals surface area (Å²) < 4.78 is 0. The molecule has 3 N–H and O–H groups in total. The molecule has 2 nitrogen and oxygen atoms in total. The molecule has 4 heteroatoms. The second-order valence-corrected chi connectivity index (χ2v) is 6.31. The number of fused-ring (bicyclic) bond motifs is 1. The van der Waals surface area contributed by atoms with Crippen LogP contribution in [0.25, 0.3) is 0 Å². The van der Waals surface area contributed by atoms with Crippen LogP contribution in [0.5, 0.6) is 0 Å². The van der Waals surface area contributed by atoms with Gasteiger partial charge in [-0.2, -0.15) is 11.8 Å². The van der Waals surface area contributed by atoms with Gasteiger partial charge >= 0.3 is 0 Å². The fourth-order valence-electron chi connectivity index (χ4n) is 1.65. The van der Waals surface area contributed by atoms with Crippen molar-refractivity contribution in [3.8, 4) is 0 Å². The molecular weight excluding hydrogens is 224 g/mol. The molecule has 0 spiro atoms. The molecule has 0 amide bonds. The van der Waals surface area contributed by atoms with Crippen molar-refractivity contribution < 1.29 is 0 Å². The summed E-state index contributed by atoms with van der Waals surface area (Å²) in [4.78, 5) is 3.06. The van der Waals surface area contributed by atoms with E-state index in [0.29, 0.717) is 12.6 Å². The summed E-state index contributed by atoms with van der Waals surface area (Å²) in [5.74, 6) is 2.50. The van der Waals surface area contributed by atoms with Gasteiger partial charge in [-0.05, 0) is 30.7 Å². The van der Waals surface area contributed by atoms with E-state index in [1.807, 2.05) is 23.1 Å². The van der Waals surface area contributed by atoms with Crippen molar-refractivity contribution in [3.63, 3.8) is 0 Å². The molecule has 0 saturated heterocycles. The topological polar surface area (TPSA) is 38.0 Å². The quantitative estimate of drug-likeness (QED) is 0.848. The lowest BCUT2D eigenvalue weighted by Crippen LogP contribution is -2.32. The monoisotopic (exact) mass is 242 g/mol. The number of rotatable bonds is 4. The van der Waals surface area contributed by atoms with Crippen LogP contribution < -0.4 is 11.1 Å². The average molecular weight is 242 g/mol. The van der Waals surface area contributed by atoms with Gasteiger partial charge in [0.15, 0.2) is 0 Å². The van der Waals surface area contributed by atoms with Crippen molar-refractivity contribution in [2.24, 2.45) is 5.73 Å². The van der Waals surface area contributed by atoms with E-state index in [1.54, 1.807) is 10.4 Å². The van der Waals surface area contributed by atoms with Crippen LogP contribution >= 0.6 is 23.1 Å². The first kappa shape index (κ1) is 11.5. The van der Waals surface area contributed by atoms with Crippen LogP contribution in [0.3, 0.4) is 0 Å². The van der Waals surface area contributed by atoms with Crippen molar-refractivity contribution in [2.45, 2.75) is 31.7 Å². The summed E-state index contributed by atoms with van der Waals surface area (Å²) in [7, 11) is 0. The highest BCUT2D eigenvalue weighted by atomic mass is 32.2. The molecule has 0 bridgehead atoms. The Morgan fingerprint density at radius 3 is 3.20 bits per heavy atom. The maximum atomic E-state index is 5.57. The highest BCUT2D eigenvalue weighted by Gasteiger charge is 2.13. The third-order valence-corrected chi connectivity index (χ3v) is 4.90. The maximum absolute atomic E-state index is 5.57. The zero-order valence-corrected chi connectivity index (χ0v) is 10.7. The molecule has 1 atom stereocenters. The molecule has 1 aromatic rings. The summed E-state index contributed by atoms with van der Waals surface area (Å²) >= 11 is 4.02. The van der Waals surface area contributed by atoms with Gasteiger partial charge in [0.1, 0.15) is 0 Å². The lowest BCUT2D eigenvalue weighted by atomic mass is 10.2. The van der Waals surface area contributed by atoms with Crippen LogP contribution in [0.2, 0.25) is 0 Å². The van der Waals surface area contributed by atoms with Gasteiger partial charge in [-0.1, -0.05) is 0 Å². The van der Waals surface area contributed by atoms with Crippen molar-refractivity contribution in [1.29, 1.82) is 0 Å². The van der Waals surface area contributed by atoms with Gasteiger partial charge in [-0.15, -0.1) is 11.3 Å². The Labute approximate surface area is 99.6 Å². The zero-order chi connectivity index (χ0) is 10.7. The standard InChI is InChI=1S/C11H18N2S2/c1-8(5-12)13-6-10-4-9-7-14-3-2-11(9)15-10/h4,8,13H,2-3,5-7,12H2,1H3/t8-/m0/s1. The van der Waals surface area contributed by atoms with E-state index in [1.165, 1.54) is 22.8 Å². The van der Waals surface area contributed by atoms with Crippen LogP contribution in [0.1, 0.15) is 22.2 Å². The fraction of sp³-hybridized carbons (Fsp3) is 0.636. The highest BCUT2D eigenvalue weighted by Crippen LogP contribution is 2.31. The first-order valence-electron chi connectivity index (χ1n) is 5.41. The minimum Gasteiger partial charge on any atom is -0.329 e. The van der Waals surface area contributed by atoms with E-state index in [4.69, 9.17) is 5.73 Å². The van der Waals surface area contributed by atoms with Gasteiger partial charge < -0.3 is 11.1 Å². The van der Waals surface area contributed by atoms with Gasteiger partial charge in [-0.3, -0.25) is 0 Å². The molecule has 0 aliphatic carbocycles. The summed E-state index contributed by atoms with van der Waals surface area (Å²) in [5.41, 5.74) is 7.13. The Bertz CT molecular complexity index is 299. The largest absolute Gasteiger partial charge is 0.329 e. The molecule has 1 aliphatic rings. The van der Waals surface area contributed by atoms with Crippen molar-refractivity contribution >= 4 is 23.1 Å². The van der Waals surface area contributed by atoms with E-state index < -0.39 is 0 Å². The average Bonchev–Trinajstić information content (AvgIpc) is 2.68. The van der Waals surface area contributed by atoms with Crippen molar-refractivity contribution in [3.05, 3.63) is 21.4 Å². The summed E-state index contributed by atoms with van der Waals surface area (Å²) in [6.45, 7) is 3.81. The molecule has 0 saturated carbocycles. The number of nitrogens with two attached hydrogens (primary N) is 1. The predicted octanol–water partition coefficient (Wildman–Crippen LogP) is 1.97. The van der Waals surface area contributed by atoms with Crippen LogP contribution in [0.4, 0.5) is 0 Å². The number of aryl methyl sites for hydroxylation is 1. The third-order valence-electron chi connectivity index (χ3n) is 2.66. The summed E-state index contributed by atoms with van der Waals surface area (Å²) in [6, 6.07) is 2.78. The third kappa shape index (κ3) is 2.97. The van der Waals surface area contributed by atoms with Crippen LogP contribution in [-0.4, -0.2) is 18.3 Å². The summed E-state index contributed by atoms with van der Waals surface area (Å²) in [6.07, 6.45) is 1.26. The normalized spacial score (nSPS) is 17.5. The molecule has 0 aromatic carbocycles. The van der Waals surface area contributed by atoms with Crippen molar-refractivity contribution in [1.82, 2.24) is 5.32 Å². The van der Waals surface area contributed by atoms with Crippen molar-refractivity contribution in [2.75, 3.05) is 12.3 Å². The predicted molar refractivity (Wildman–Crippen MR) is 69.5 cm³/mol. The van der Waals surface area contributed by atoms with E-state index in [0.717, 1.165) is 6.54 Å². The van der Waals surface area contributed by atoms with Crippen LogP contribution in [0.15, 0.2) is 6.07 Å². The number of nitrogens with one attached hydrogen (secondary N) is 1. The second kappa shape index (κ2) is 5.34. The Hall–Kier alpha value is -0.0300. The smallest absolute Gasteiger partial charge is 0.0302 e. The summed E-state index contributed by atoms with van der Waals surface area (Å²) in [5, 5.41) is 3.44. The van der Waals surface area contributed by atoms with Gasteiger partial charge in [0.25, 0.3) is 0 Å². The SMILES string of the molecule is C[C@@H](CN)NCc1cc2c(s1)CCSC2. The number of hydrogen-bond acceptors (Lipinski definition) is 4. The molecule has 84 valence electrons. The molecule has 1 aliphatic heterocycles. The van der Waals surface area contributed by atoms with Crippen LogP contribution in [-0.2, 0) is 18.7 Å². The maximum Gasteiger partial charge on any atom is 0.0302 e. The molecule has 15 heavy (non-hydrogen) atoms. The van der Waals surface area contributed by atoms with Gasteiger partial charge in [0.05, 0.1) is 0 Å². The Balaban J connectivity index is 1.94. The molecule has 0 radical (unpaired) electrons. The first-order valence-corrected chi connectivity index (χ1v) is 7.38. The number of thioether (sulfide) groups is 1. The first-order chi connectivity index (χ1) is 7.29. The van der Waals surface area contributed by atoms with Gasteiger partial charge in [0.2, 0.25) is 0 Å². The Morgan fingerprint density at radius 2 is 2.47 bits per heavy atom. The van der Waals surface area contributed by atoms with E-state index in [9.17, 15) is 0 Å². The fourth-order valence-corrected chi connectivity index (χ4v) is 3.98. The molecule has 1 aromatic heterocycles. The Morgan fingerprint density at radius 1 is 1.60 bits per heavy atom. The molecular formula is C11H18N2S2. The van der Waals surface area contributed by atoms with E-state index in [2.05, 4.69) is 18.3 Å². The van der Waals surface area contributed by atoms with Crippen LogP contribution in [0, 0.1) is 0 Å². The number of thiophene rings is 1. The van der Waals surface area contributed by atoms with E-state index >= 15 is 0 Å². The molecule has 2 heterocycles. The molecule has 2 rings (SSSR count). The minimum absolute atomic E-state index is 0.415. The van der Waals surface area contributed by atoms with Gasteiger partial charge in [0, 0.05) is 34.6 Å². The Kier molecular flexibility index (Phi) is 4.08. The molecule has 0 fully saturated rings. The minimum atomic E-state index is 0.415. The lowest BCUT2D eigenvalue weighted by Gasteiger charge is -2.09. The van der Waals surface area contributed by atoms with E-state index in [-0.39, 0.29) is 0 Å².